The van der Waals surface area contributed by atoms with Crippen molar-refractivity contribution in [3.8, 4) is 6.07 Å². The Balaban J connectivity index is 1.87. The number of hydrogen-bond acceptors (Lipinski definition) is 1. The zero-order valence-electron chi connectivity index (χ0n) is 13.2. The third-order valence-corrected chi connectivity index (χ3v) is 4.68. The van der Waals surface area contributed by atoms with E-state index in [-0.39, 0.29) is 17.3 Å². The lowest BCUT2D eigenvalue weighted by Gasteiger charge is -2.26. The number of nitrogens with zero attached hydrogens (tertiary/aromatic N) is 1. The van der Waals surface area contributed by atoms with Gasteiger partial charge in [0.1, 0.15) is 17.7 Å². The molecule has 2 aromatic carbocycles. The second-order valence-electron chi connectivity index (χ2n) is 6.26. The molecule has 0 fully saturated rings. The molecule has 0 saturated heterocycles. The van der Waals surface area contributed by atoms with Gasteiger partial charge in [0, 0.05) is 0 Å². The number of halogens is 2. The van der Waals surface area contributed by atoms with E-state index in [4.69, 9.17) is 5.26 Å². The van der Waals surface area contributed by atoms with E-state index in [9.17, 15) is 8.78 Å². The lowest BCUT2D eigenvalue weighted by atomic mass is 9.79. The van der Waals surface area contributed by atoms with Gasteiger partial charge in [-0.3, -0.25) is 0 Å². The Morgan fingerprint density at radius 1 is 1.13 bits per heavy atom. The fourth-order valence-corrected chi connectivity index (χ4v) is 3.48. The standard InChI is InChI=1S/C20H19F2N/c1-2-3-13-4-7-18(20(22)8-13)15-6-5-14-9-17(12-23)19(21)11-16(14)10-15/h4,7-9,11,15H,2-3,5-6,10H2,1H3. The molecule has 3 rings (SSSR count). The highest BCUT2D eigenvalue weighted by Gasteiger charge is 2.24. The Kier molecular flexibility index (Phi) is 4.43. The van der Waals surface area contributed by atoms with Crippen LogP contribution in [0, 0.1) is 23.0 Å². The molecule has 0 amide bonds. The number of nitriles is 1. The lowest BCUT2D eigenvalue weighted by molar-refractivity contribution is 0.529. The highest BCUT2D eigenvalue weighted by molar-refractivity contribution is 5.42. The molecule has 1 aliphatic rings. The second kappa shape index (κ2) is 6.50. The summed E-state index contributed by atoms with van der Waals surface area (Å²) in [6.07, 6.45) is 4.09. The van der Waals surface area contributed by atoms with E-state index in [0.717, 1.165) is 47.9 Å². The smallest absolute Gasteiger partial charge is 0.141 e. The van der Waals surface area contributed by atoms with Gasteiger partial charge in [0.05, 0.1) is 5.56 Å². The average molecular weight is 311 g/mol. The predicted octanol–water partition coefficient (Wildman–Crippen LogP) is 5.06. The van der Waals surface area contributed by atoms with Crippen molar-refractivity contribution in [1.82, 2.24) is 0 Å². The Morgan fingerprint density at radius 3 is 2.65 bits per heavy atom. The van der Waals surface area contributed by atoms with Crippen molar-refractivity contribution >= 4 is 0 Å². The molecule has 0 aliphatic heterocycles. The predicted molar refractivity (Wildman–Crippen MR) is 86.3 cm³/mol. The monoisotopic (exact) mass is 311 g/mol. The van der Waals surface area contributed by atoms with Crippen molar-refractivity contribution in [2.75, 3.05) is 0 Å². The van der Waals surface area contributed by atoms with Crippen LogP contribution in [0.4, 0.5) is 8.78 Å². The molecule has 23 heavy (non-hydrogen) atoms. The molecule has 2 aromatic rings. The first kappa shape index (κ1) is 15.7. The topological polar surface area (TPSA) is 23.8 Å². The van der Waals surface area contributed by atoms with Crippen LogP contribution in [-0.2, 0) is 19.3 Å². The van der Waals surface area contributed by atoms with Crippen LogP contribution in [0.1, 0.15) is 53.5 Å². The SMILES string of the molecule is CCCc1ccc(C2CCc3cc(C#N)c(F)cc3C2)c(F)c1. The summed E-state index contributed by atoms with van der Waals surface area (Å²) in [6.45, 7) is 2.08. The molecule has 0 bridgehead atoms. The van der Waals surface area contributed by atoms with Gasteiger partial charge in [0.25, 0.3) is 0 Å². The average Bonchev–Trinajstić information content (AvgIpc) is 2.54. The first-order valence-electron chi connectivity index (χ1n) is 8.12. The summed E-state index contributed by atoms with van der Waals surface area (Å²) in [7, 11) is 0. The third-order valence-electron chi connectivity index (χ3n) is 4.68. The van der Waals surface area contributed by atoms with E-state index in [1.807, 2.05) is 18.2 Å². The minimum absolute atomic E-state index is 0.0745. The molecule has 0 N–H and O–H groups in total. The van der Waals surface area contributed by atoms with Crippen molar-refractivity contribution in [1.29, 1.82) is 5.26 Å². The first-order chi connectivity index (χ1) is 11.1. The molecule has 1 nitrogen and oxygen atoms in total. The van der Waals surface area contributed by atoms with Gasteiger partial charge in [-0.25, -0.2) is 8.78 Å². The third kappa shape index (κ3) is 3.12. The molecule has 0 spiro atoms. The molecule has 0 heterocycles. The van der Waals surface area contributed by atoms with Crippen molar-refractivity contribution < 1.29 is 8.78 Å². The molecular formula is C20H19F2N. The van der Waals surface area contributed by atoms with Gasteiger partial charge in [-0.1, -0.05) is 25.5 Å². The number of aryl methyl sites for hydroxylation is 2. The van der Waals surface area contributed by atoms with Crippen LogP contribution in [0.15, 0.2) is 30.3 Å². The molecule has 1 atom stereocenters. The molecule has 1 aliphatic carbocycles. The summed E-state index contributed by atoms with van der Waals surface area (Å²) in [6, 6.07) is 10.5. The van der Waals surface area contributed by atoms with Crippen molar-refractivity contribution in [2.24, 2.45) is 0 Å². The molecule has 3 heteroatoms. The maximum absolute atomic E-state index is 14.4. The molecular weight excluding hydrogens is 292 g/mol. The summed E-state index contributed by atoms with van der Waals surface area (Å²) >= 11 is 0. The fraction of sp³-hybridized carbons (Fsp3) is 0.350. The Labute approximate surface area is 135 Å². The maximum atomic E-state index is 14.4. The van der Waals surface area contributed by atoms with Gasteiger partial charge in [-0.05, 0) is 72.1 Å². The van der Waals surface area contributed by atoms with Gasteiger partial charge in [0.15, 0.2) is 0 Å². The van der Waals surface area contributed by atoms with E-state index in [1.165, 1.54) is 6.07 Å². The Morgan fingerprint density at radius 2 is 1.96 bits per heavy atom. The minimum atomic E-state index is -0.481. The summed E-state index contributed by atoms with van der Waals surface area (Å²) in [4.78, 5) is 0. The van der Waals surface area contributed by atoms with Crippen molar-refractivity contribution in [2.45, 2.75) is 44.9 Å². The quantitative estimate of drug-likeness (QED) is 0.777. The maximum Gasteiger partial charge on any atom is 0.141 e. The molecule has 0 aromatic heterocycles. The van der Waals surface area contributed by atoms with Crippen LogP contribution in [0.25, 0.3) is 0 Å². The van der Waals surface area contributed by atoms with E-state index < -0.39 is 5.82 Å². The van der Waals surface area contributed by atoms with Crippen LogP contribution in [0.3, 0.4) is 0 Å². The number of fused-ring (bicyclic) bond motifs is 1. The van der Waals surface area contributed by atoms with E-state index in [0.29, 0.717) is 6.42 Å². The van der Waals surface area contributed by atoms with Crippen LogP contribution < -0.4 is 0 Å². The molecule has 0 saturated carbocycles. The van der Waals surface area contributed by atoms with Gasteiger partial charge >= 0.3 is 0 Å². The zero-order chi connectivity index (χ0) is 16.4. The van der Waals surface area contributed by atoms with Crippen LogP contribution in [0.2, 0.25) is 0 Å². The van der Waals surface area contributed by atoms with Crippen LogP contribution >= 0.6 is 0 Å². The normalized spacial score (nSPS) is 16.7. The summed E-state index contributed by atoms with van der Waals surface area (Å²) < 4.78 is 28.2. The van der Waals surface area contributed by atoms with Crippen LogP contribution in [-0.4, -0.2) is 0 Å². The number of benzene rings is 2. The number of rotatable bonds is 3. The summed E-state index contributed by atoms with van der Waals surface area (Å²) in [5, 5.41) is 8.92. The van der Waals surface area contributed by atoms with Gasteiger partial charge < -0.3 is 0 Å². The van der Waals surface area contributed by atoms with Gasteiger partial charge in [-0.2, -0.15) is 5.26 Å². The minimum Gasteiger partial charge on any atom is -0.207 e. The Hall–Kier alpha value is -2.21. The van der Waals surface area contributed by atoms with Gasteiger partial charge in [-0.15, -0.1) is 0 Å². The zero-order valence-corrected chi connectivity index (χ0v) is 13.2. The fourth-order valence-electron chi connectivity index (χ4n) is 3.48. The highest BCUT2D eigenvalue weighted by atomic mass is 19.1. The molecule has 0 radical (unpaired) electrons. The largest absolute Gasteiger partial charge is 0.207 e. The highest BCUT2D eigenvalue weighted by Crippen LogP contribution is 2.35. The summed E-state index contributed by atoms with van der Waals surface area (Å²) in [5.74, 6) is -0.560. The van der Waals surface area contributed by atoms with Gasteiger partial charge in [0.2, 0.25) is 0 Å². The van der Waals surface area contributed by atoms with Crippen molar-refractivity contribution in [3.05, 3.63) is 69.8 Å². The molecule has 1 unspecified atom stereocenters. The van der Waals surface area contributed by atoms with E-state index in [1.54, 1.807) is 12.1 Å². The van der Waals surface area contributed by atoms with Crippen molar-refractivity contribution in [3.63, 3.8) is 0 Å². The van der Waals surface area contributed by atoms with E-state index in [2.05, 4.69) is 6.92 Å². The second-order valence-corrected chi connectivity index (χ2v) is 6.26. The molecule has 118 valence electrons. The number of hydrogen-bond donors (Lipinski definition) is 0. The Bertz CT molecular complexity index is 774. The lowest BCUT2D eigenvalue weighted by Crippen LogP contribution is -2.15. The first-order valence-corrected chi connectivity index (χ1v) is 8.12. The summed E-state index contributed by atoms with van der Waals surface area (Å²) in [5.41, 5.74) is 3.75. The van der Waals surface area contributed by atoms with E-state index >= 15 is 0 Å². The van der Waals surface area contributed by atoms with Crippen LogP contribution in [0.5, 0.6) is 0 Å².